The van der Waals surface area contributed by atoms with E-state index in [0.29, 0.717) is 22.5 Å². The summed E-state index contributed by atoms with van der Waals surface area (Å²) in [6.45, 7) is 0. The van der Waals surface area contributed by atoms with E-state index in [4.69, 9.17) is 8.83 Å². The van der Waals surface area contributed by atoms with Crippen molar-refractivity contribution in [3.8, 4) is 22.5 Å². The van der Waals surface area contributed by atoms with E-state index >= 15 is 0 Å². The van der Waals surface area contributed by atoms with Gasteiger partial charge in [0.05, 0.1) is 6.26 Å². The minimum atomic E-state index is -0.488. The van der Waals surface area contributed by atoms with Crippen LogP contribution in [-0.2, 0) is 0 Å². The Bertz CT molecular complexity index is 1030. The number of halogens is 1. The van der Waals surface area contributed by atoms with Crippen LogP contribution in [0.15, 0.2) is 80.6 Å². The van der Waals surface area contributed by atoms with E-state index in [0.717, 1.165) is 10.9 Å². The van der Waals surface area contributed by atoms with Crippen molar-refractivity contribution in [3.05, 3.63) is 83.2 Å². The first-order valence-corrected chi connectivity index (χ1v) is 7.10. The number of rotatable bonds is 2. The van der Waals surface area contributed by atoms with E-state index in [1.54, 1.807) is 36.4 Å². The van der Waals surface area contributed by atoms with Gasteiger partial charge in [0.1, 0.15) is 22.7 Å². The monoisotopic (exact) mass is 306 g/mol. The van der Waals surface area contributed by atoms with E-state index < -0.39 is 5.63 Å². The van der Waals surface area contributed by atoms with Gasteiger partial charge in [-0.3, -0.25) is 0 Å². The summed E-state index contributed by atoms with van der Waals surface area (Å²) in [5.41, 5.74) is 1.72. The molecule has 2 aromatic carbocycles. The number of furan rings is 1. The predicted octanol–water partition coefficient (Wildman–Crippen LogP) is 4.86. The van der Waals surface area contributed by atoms with Gasteiger partial charge in [-0.2, -0.15) is 0 Å². The average molecular weight is 306 g/mol. The van der Waals surface area contributed by atoms with Crippen LogP contribution in [0.1, 0.15) is 0 Å². The van der Waals surface area contributed by atoms with Gasteiger partial charge >= 0.3 is 5.63 Å². The Morgan fingerprint density at radius 1 is 0.826 bits per heavy atom. The smallest absolute Gasteiger partial charge is 0.348 e. The zero-order valence-corrected chi connectivity index (χ0v) is 12.0. The van der Waals surface area contributed by atoms with Gasteiger partial charge < -0.3 is 8.83 Å². The third-order valence-electron chi connectivity index (χ3n) is 3.71. The molecule has 4 rings (SSSR count). The maximum atomic E-state index is 13.3. The molecule has 0 spiro atoms. The highest BCUT2D eigenvalue weighted by molar-refractivity contribution is 6.00. The summed E-state index contributed by atoms with van der Waals surface area (Å²) < 4.78 is 24.1. The van der Waals surface area contributed by atoms with Crippen molar-refractivity contribution in [2.75, 3.05) is 0 Å². The van der Waals surface area contributed by atoms with E-state index in [1.807, 2.05) is 12.1 Å². The van der Waals surface area contributed by atoms with E-state index in [2.05, 4.69) is 0 Å². The number of fused-ring (bicyclic) bond motifs is 1. The molecule has 0 fully saturated rings. The van der Waals surface area contributed by atoms with Crippen LogP contribution in [0.2, 0.25) is 0 Å². The van der Waals surface area contributed by atoms with Crippen molar-refractivity contribution in [2.45, 2.75) is 0 Å². The molecular weight excluding hydrogens is 295 g/mol. The molecule has 0 aliphatic heterocycles. The van der Waals surface area contributed by atoms with Crippen LogP contribution in [-0.4, -0.2) is 0 Å². The first-order chi connectivity index (χ1) is 11.2. The highest BCUT2D eigenvalue weighted by Crippen LogP contribution is 2.35. The molecular formula is C19H11FO3. The Morgan fingerprint density at radius 3 is 2.35 bits per heavy atom. The zero-order chi connectivity index (χ0) is 15.8. The summed E-state index contributed by atoms with van der Waals surface area (Å²) in [4.78, 5) is 12.5. The van der Waals surface area contributed by atoms with Crippen LogP contribution in [0.3, 0.4) is 0 Å². The van der Waals surface area contributed by atoms with Crippen molar-refractivity contribution < 1.29 is 13.2 Å². The topological polar surface area (TPSA) is 43.4 Å². The van der Waals surface area contributed by atoms with Gasteiger partial charge in [-0.1, -0.05) is 30.3 Å². The highest BCUT2D eigenvalue weighted by Gasteiger charge is 2.19. The number of hydrogen-bond acceptors (Lipinski definition) is 3. The van der Waals surface area contributed by atoms with Crippen LogP contribution in [0.25, 0.3) is 33.4 Å². The molecule has 4 heteroatoms. The Labute approximate surface area is 130 Å². The molecule has 0 radical (unpaired) electrons. The van der Waals surface area contributed by atoms with Gasteiger partial charge in [0.25, 0.3) is 0 Å². The molecule has 0 bridgehead atoms. The molecule has 0 atom stereocenters. The van der Waals surface area contributed by atoms with Crippen molar-refractivity contribution in [1.82, 2.24) is 0 Å². The van der Waals surface area contributed by atoms with Gasteiger partial charge in [0.2, 0.25) is 0 Å². The quantitative estimate of drug-likeness (QED) is 0.497. The minimum Gasteiger partial charge on any atom is -0.464 e. The standard InChI is InChI=1S/C19H11FO3/c20-13-9-7-12(8-10-13)17-14-4-1-2-5-15(14)23-19(21)18(17)16-6-3-11-22-16/h1-11H. The second-order valence-electron chi connectivity index (χ2n) is 5.12. The summed E-state index contributed by atoms with van der Waals surface area (Å²) in [5.74, 6) is 0.0874. The van der Waals surface area contributed by atoms with Gasteiger partial charge in [-0.25, -0.2) is 9.18 Å². The van der Waals surface area contributed by atoms with Gasteiger partial charge in [-0.05, 0) is 35.9 Å². The molecule has 3 nitrogen and oxygen atoms in total. The first-order valence-electron chi connectivity index (χ1n) is 7.10. The fourth-order valence-electron chi connectivity index (χ4n) is 2.71. The highest BCUT2D eigenvalue weighted by atomic mass is 19.1. The van der Waals surface area contributed by atoms with Crippen LogP contribution in [0.4, 0.5) is 4.39 Å². The fraction of sp³-hybridized carbons (Fsp3) is 0. The largest absolute Gasteiger partial charge is 0.464 e. The Morgan fingerprint density at radius 2 is 1.61 bits per heavy atom. The third-order valence-corrected chi connectivity index (χ3v) is 3.71. The lowest BCUT2D eigenvalue weighted by atomic mass is 9.96. The van der Waals surface area contributed by atoms with Gasteiger partial charge in [-0.15, -0.1) is 0 Å². The van der Waals surface area contributed by atoms with Crippen LogP contribution < -0.4 is 5.63 Å². The first kappa shape index (κ1) is 13.5. The summed E-state index contributed by atoms with van der Waals surface area (Å²) in [6.07, 6.45) is 1.50. The Balaban J connectivity index is 2.16. The molecule has 0 amide bonds. The van der Waals surface area contributed by atoms with E-state index in [-0.39, 0.29) is 5.82 Å². The summed E-state index contributed by atoms with van der Waals surface area (Å²) in [7, 11) is 0. The summed E-state index contributed by atoms with van der Waals surface area (Å²) in [5, 5.41) is 0.769. The lowest BCUT2D eigenvalue weighted by Gasteiger charge is -2.10. The molecule has 0 aliphatic rings. The molecule has 2 heterocycles. The number of benzene rings is 2. The van der Waals surface area contributed by atoms with Gasteiger partial charge in [0.15, 0.2) is 0 Å². The van der Waals surface area contributed by atoms with Crippen LogP contribution in [0, 0.1) is 5.82 Å². The lowest BCUT2D eigenvalue weighted by Crippen LogP contribution is -2.05. The number of hydrogen-bond donors (Lipinski definition) is 0. The Hall–Kier alpha value is -3.14. The summed E-state index contributed by atoms with van der Waals surface area (Å²) in [6, 6.07) is 16.7. The maximum absolute atomic E-state index is 13.3. The van der Waals surface area contributed by atoms with E-state index in [9.17, 15) is 9.18 Å². The molecule has 0 N–H and O–H groups in total. The molecule has 0 saturated heterocycles. The minimum absolute atomic E-state index is 0.333. The molecule has 23 heavy (non-hydrogen) atoms. The average Bonchev–Trinajstić information content (AvgIpc) is 3.08. The lowest BCUT2D eigenvalue weighted by molar-refractivity contribution is 0.548. The second kappa shape index (κ2) is 5.25. The number of para-hydroxylation sites is 1. The Kier molecular flexibility index (Phi) is 3.08. The second-order valence-corrected chi connectivity index (χ2v) is 5.12. The molecule has 2 aromatic heterocycles. The molecule has 0 saturated carbocycles. The SMILES string of the molecule is O=c1oc2ccccc2c(-c2ccc(F)cc2)c1-c1ccco1. The molecule has 4 aromatic rings. The van der Waals surface area contributed by atoms with Crippen molar-refractivity contribution in [2.24, 2.45) is 0 Å². The van der Waals surface area contributed by atoms with Crippen molar-refractivity contribution in [1.29, 1.82) is 0 Å². The molecule has 0 aliphatic carbocycles. The fourth-order valence-corrected chi connectivity index (χ4v) is 2.71. The third kappa shape index (κ3) is 2.25. The van der Waals surface area contributed by atoms with E-state index in [1.165, 1.54) is 18.4 Å². The zero-order valence-electron chi connectivity index (χ0n) is 12.0. The maximum Gasteiger partial charge on any atom is 0.348 e. The molecule has 112 valence electrons. The summed E-state index contributed by atoms with van der Waals surface area (Å²) >= 11 is 0. The molecule has 0 unspecified atom stereocenters. The van der Waals surface area contributed by atoms with Crippen LogP contribution in [0.5, 0.6) is 0 Å². The van der Waals surface area contributed by atoms with Crippen molar-refractivity contribution >= 4 is 11.0 Å². The van der Waals surface area contributed by atoms with Gasteiger partial charge in [0, 0.05) is 10.9 Å². The van der Waals surface area contributed by atoms with Crippen LogP contribution >= 0.6 is 0 Å². The van der Waals surface area contributed by atoms with Crippen molar-refractivity contribution in [3.63, 3.8) is 0 Å². The normalized spacial score (nSPS) is 11.0. The predicted molar refractivity (Wildman–Crippen MR) is 85.6 cm³/mol.